The lowest BCUT2D eigenvalue weighted by atomic mass is 9.70. The van der Waals surface area contributed by atoms with Crippen LogP contribution < -0.4 is 0 Å². The Morgan fingerprint density at radius 2 is 0.737 bits per heavy atom. The van der Waals surface area contributed by atoms with E-state index < -0.39 is 0 Å². The number of ether oxygens (including phenoxy) is 3. The van der Waals surface area contributed by atoms with Gasteiger partial charge in [-0.25, -0.2) is 4.79 Å². The Hall–Kier alpha value is -10.7. The Bertz CT molecular complexity index is 6360. The number of aromatic nitrogens is 3. The summed E-state index contributed by atoms with van der Waals surface area (Å²) < 4.78 is 24.8. The molecule has 0 saturated carbocycles. The molecule has 2 aliphatic carbocycles. The van der Waals surface area contributed by atoms with Crippen molar-refractivity contribution >= 4 is 71.4 Å². The van der Waals surface area contributed by atoms with Crippen LogP contribution in [0.25, 0.3) is 121 Å². The van der Waals surface area contributed by atoms with Crippen LogP contribution >= 0.6 is 0 Å². The average Bonchev–Trinajstić information content (AvgIpc) is 1.56. The van der Waals surface area contributed by atoms with Crippen LogP contribution in [0.4, 0.5) is 0 Å². The van der Waals surface area contributed by atoms with Crippen molar-refractivity contribution in [2.24, 2.45) is 5.92 Å². The van der Waals surface area contributed by atoms with E-state index in [1.165, 1.54) is 336 Å². The lowest BCUT2D eigenvalue weighted by molar-refractivity contribution is -0.140. The van der Waals surface area contributed by atoms with Crippen molar-refractivity contribution in [1.29, 1.82) is 0 Å². The molecule has 0 aliphatic heterocycles. The number of nitrogens with zero attached hydrogens (tertiary/aromatic N) is 3. The molecule has 137 heavy (non-hydrogen) atoms. The molecule has 3 unspecified atom stereocenters. The van der Waals surface area contributed by atoms with Crippen molar-refractivity contribution in [3.8, 4) is 55.6 Å². The van der Waals surface area contributed by atoms with E-state index in [0.717, 1.165) is 43.4 Å². The van der Waals surface area contributed by atoms with E-state index in [2.05, 4.69) is 321 Å². The Balaban J connectivity index is 0.000000374. The number of benzene rings is 11. The zero-order chi connectivity index (χ0) is 96.0. The molecule has 7 heteroatoms. The van der Waals surface area contributed by atoms with Crippen molar-refractivity contribution < 1.29 is 19.0 Å². The van der Waals surface area contributed by atoms with Gasteiger partial charge < -0.3 is 27.9 Å². The van der Waals surface area contributed by atoms with E-state index in [-0.39, 0.29) is 23.4 Å². The Morgan fingerprint density at radius 3 is 1.18 bits per heavy atom. The van der Waals surface area contributed by atoms with Crippen LogP contribution in [0.1, 0.15) is 344 Å². The zero-order valence-electron chi connectivity index (χ0n) is 85.9. The molecule has 0 N–H and O–H groups in total. The molecule has 14 aromatic rings. The highest BCUT2D eigenvalue weighted by atomic mass is 16.6. The molecular weight excluding hydrogens is 1670 g/mol. The maximum Gasteiger partial charge on any atom is 0.333 e. The van der Waals surface area contributed by atoms with Crippen molar-refractivity contribution in [3.63, 3.8) is 0 Å². The van der Waals surface area contributed by atoms with Gasteiger partial charge in [-0.3, -0.25) is 0 Å². The first-order valence-electron chi connectivity index (χ1n) is 53.9. The number of carbonyl (C=O) groups is 1. The lowest BCUT2D eigenvalue weighted by Gasteiger charge is -2.33. The van der Waals surface area contributed by atoms with Crippen LogP contribution in [0, 0.1) is 19.8 Å². The van der Waals surface area contributed by atoms with Crippen LogP contribution in [-0.4, -0.2) is 39.5 Å². The van der Waals surface area contributed by atoms with Crippen LogP contribution in [0.3, 0.4) is 0 Å². The number of carbonyl (C=O) groups excluding carboxylic acids is 1. The summed E-state index contributed by atoms with van der Waals surface area (Å²) in [5, 5.41) is 7.97. The predicted molar refractivity (Wildman–Crippen MR) is 590 cm³/mol. The summed E-state index contributed by atoms with van der Waals surface area (Å²) in [6.45, 7) is 41.7. The molecule has 3 atom stereocenters. The summed E-state index contributed by atoms with van der Waals surface area (Å²) in [6.07, 6.45) is 43.3. The van der Waals surface area contributed by atoms with Gasteiger partial charge >= 0.3 is 5.97 Å². The Labute approximate surface area is 823 Å². The van der Waals surface area contributed by atoms with Crippen LogP contribution in [0.5, 0.6) is 0 Å². The molecule has 3 heterocycles. The summed E-state index contributed by atoms with van der Waals surface area (Å²) in [7, 11) is 0. The number of esters is 1. The highest BCUT2D eigenvalue weighted by Crippen LogP contribution is 2.58. The number of allylic oxidation sites excluding steroid dienone is 1. The minimum atomic E-state index is -0.377. The van der Waals surface area contributed by atoms with Gasteiger partial charge in [0.25, 0.3) is 0 Å². The third-order valence-corrected chi connectivity index (χ3v) is 31.4. The predicted octanol–water partition coefficient (Wildman–Crippen LogP) is 38.0. The highest BCUT2D eigenvalue weighted by Gasteiger charge is 2.45. The van der Waals surface area contributed by atoms with Gasteiger partial charge in [0.2, 0.25) is 0 Å². The van der Waals surface area contributed by atoms with E-state index in [0.29, 0.717) is 55.6 Å². The summed E-state index contributed by atoms with van der Waals surface area (Å²) in [6, 6.07) is 86.4. The van der Waals surface area contributed by atoms with Crippen molar-refractivity contribution in [1.82, 2.24) is 13.7 Å². The maximum absolute atomic E-state index is 12.1. The number of hydrogen-bond donors (Lipinski definition) is 0. The van der Waals surface area contributed by atoms with Gasteiger partial charge in [-0.2, -0.15) is 0 Å². The molecule has 0 radical (unpaired) electrons. The molecule has 2 aliphatic rings. The van der Waals surface area contributed by atoms with E-state index in [9.17, 15) is 4.79 Å². The van der Waals surface area contributed by atoms with E-state index in [1.807, 2.05) is 6.92 Å². The second kappa shape index (κ2) is 48.2. The second-order valence-corrected chi connectivity index (χ2v) is 41.5. The summed E-state index contributed by atoms with van der Waals surface area (Å²) in [5.41, 5.74) is 34.1. The molecule has 0 fully saturated rings. The van der Waals surface area contributed by atoms with Gasteiger partial charge in [0, 0.05) is 101 Å². The molecule has 720 valence electrons. The van der Waals surface area contributed by atoms with Gasteiger partial charge in [-0.1, -0.05) is 392 Å². The Morgan fingerprint density at radius 1 is 0.350 bits per heavy atom. The fourth-order valence-electron chi connectivity index (χ4n) is 23.3. The van der Waals surface area contributed by atoms with E-state index in [4.69, 9.17) is 14.2 Å². The molecule has 0 bridgehead atoms. The summed E-state index contributed by atoms with van der Waals surface area (Å²) in [5.74, 6) is 1.40. The van der Waals surface area contributed by atoms with Crippen molar-refractivity contribution in [2.45, 2.75) is 344 Å². The minimum absolute atomic E-state index is 0.0226. The normalized spacial score (nSPS) is 13.6. The van der Waals surface area contributed by atoms with Crippen LogP contribution in [0.2, 0.25) is 0 Å². The highest BCUT2D eigenvalue weighted by molar-refractivity contribution is 6.12. The Kier molecular flexibility index (Phi) is 35.5. The molecule has 0 spiro atoms. The van der Waals surface area contributed by atoms with Gasteiger partial charge in [-0.05, 0) is 265 Å². The maximum atomic E-state index is 12.1. The zero-order valence-corrected chi connectivity index (χ0v) is 85.9. The van der Waals surface area contributed by atoms with Crippen LogP contribution in [-0.2, 0) is 49.5 Å². The molecule has 3 aromatic heterocycles. The number of fused-ring (bicyclic) bond motifs is 15. The molecule has 11 aromatic carbocycles. The second-order valence-electron chi connectivity index (χ2n) is 41.5. The smallest absolute Gasteiger partial charge is 0.333 e. The first kappa shape index (κ1) is 101. The minimum Gasteiger partial charge on any atom is -0.489 e. The molecule has 0 saturated heterocycles. The third-order valence-electron chi connectivity index (χ3n) is 31.4. The summed E-state index contributed by atoms with van der Waals surface area (Å²) in [4.78, 5) is 12.1. The average molecular weight is 1830 g/mol. The fraction of sp³-hybridized carbons (Fsp3) is 0.438. The van der Waals surface area contributed by atoms with Crippen molar-refractivity contribution in [2.75, 3.05) is 19.8 Å². The quantitative estimate of drug-likeness (QED) is 0.0125. The largest absolute Gasteiger partial charge is 0.489 e. The van der Waals surface area contributed by atoms with E-state index in [1.54, 1.807) is 23.6 Å². The van der Waals surface area contributed by atoms with Gasteiger partial charge in [0.1, 0.15) is 19.0 Å². The topological polar surface area (TPSA) is 59.5 Å². The number of unbranched alkanes of at least 4 members (excludes halogenated alkanes) is 21. The lowest BCUT2D eigenvalue weighted by Crippen LogP contribution is -2.25. The van der Waals surface area contributed by atoms with Gasteiger partial charge in [0.05, 0.1) is 13.2 Å². The number of hydrogen-bond acceptors (Lipinski definition) is 4. The molecule has 16 rings (SSSR count). The molecule has 0 amide bonds. The van der Waals surface area contributed by atoms with Gasteiger partial charge in [0.15, 0.2) is 0 Å². The standard InChI is InChI=1S/C100H128N2O3.C30H33NO/c1-11-17-22-26-30-34-55-99(56-35-31-27-23-18-12-2)90-64-74(10)39-47-82(90)83-48-41-79(68-91(83)99)77-45-53-96-88(66-77)89-67-78(46-54-97(89)102(96)71-75(16-6)38-21-15-5)81-43-50-85-84-49-42-80(69-92(84)100(93(85)70-81,57-36-32-28-24-19-13-3)58-37-33-29-25-20-14-4)76-44-52-95-87(65-76)86-63-73(9)40-51-94(86)101(95)59-60-104-61-62-105-98(103)72(7)8;1-21(2)24(5)32-20-25-16-18-26(19-17-25)22(3)14-15-23(4)31-29-12-8-6-10-27(29)28-11-7-9-13-30(28)31/h39-54,63-70,75H,7,11-38,55-62,71H2,1-6,8-10H3;6-13,16-19,22-23H,1,5,14-15,20H2,2-4H3. The first-order chi connectivity index (χ1) is 66.8. The summed E-state index contributed by atoms with van der Waals surface area (Å²) >= 11 is 0. The van der Waals surface area contributed by atoms with Crippen molar-refractivity contribution in [3.05, 3.63) is 300 Å². The fourth-order valence-corrected chi connectivity index (χ4v) is 23.3. The SMILES string of the molecule is C=C(C)C(=C)OCc1ccc(C(C)CCC(C)n2c3ccccc3c3ccccc32)cc1.C=C(C)C(=O)OCCOCCn1c2ccc(C)cc2c2cc(-c3ccc4c(c3)C(CCCCCCCC)(CCCCCCCC)c3cc(-c5ccc6c(c5)c5cc(-c7ccc8c(c7)C(CCCCCCCC)(CCCCCCCC)c7cc(C)ccc7-8)ccc5n6CC(CC)CCCC)ccc3-4)ccc21. The monoisotopic (exact) mass is 1830 g/mol. The third kappa shape index (κ3) is 23.2. The molecular formula is C130H161N3O4. The first-order valence-corrected chi connectivity index (χ1v) is 53.9. The van der Waals surface area contributed by atoms with Crippen LogP contribution in [0.15, 0.2) is 255 Å². The number of rotatable bonds is 53. The van der Waals surface area contributed by atoms with E-state index >= 15 is 0 Å². The molecule has 7 nitrogen and oxygen atoms in total. The number of para-hydroxylation sites is 2. The van der Waals surface area contributed by atoms with Gasteiger partial charge in [-0.15, -0.1) is 0 Å². The number of aryl methyl sites for hydroxylation is 2.